The van der Waals surface area contributed by atoms with E-state index in [2.05, 4.69) is 4.72 Å². The van der Waals surface area contributed by atoms with Crippen molar-refractivity contribution in [3.8, 4) is 11.5 Å². The second-order valence-electron chi connectivity index (χ2n) is 7.26. The van der Waals surface area contributed by atoms with Gasteiger partial charge in [-0.15, -0.1) is 0 Å². The molecule has 1 aliphatic carbocycles. The highest BCUT2D eigenvalue weighted by atomic mass is 32.2. The number of benzene rings is 2. The van der Waals surface area contributed by atoms with Gasteiger partial charge in [0.15, 0.2) is 9.84 Å². The Morgan fingerprint density at radius 3 is 2.46 bits per heavy atom. The summed E-state index contributed by atoms with van der Waals surface area (Å²) in [6.07, 6.45) is 1.61. The van der Waals surface area contributed by atoms with Crippen LogP contribution in [0.1, 0.15) is 37.3 Å². The van der Waals surface area contributed by atoms with Crippen LogP contribution in [0.15, 0.2) is 47.4 Å². The molecule has 0 amide bonds. The van der Waals surface area contributed by atoms with Gasteiger partial charge < -0.3 is 4.74 Å². The number of ether oxygens (including phenoxy) is 1. The van der Waals surface area contributed by atoms with E-state index in [1.165, 1.54) is 19.2 Å². The predicted molar refractivity (Wildman–Crippen MR) is 109 cm³/mol. The summed E-state index contributed by atoms with van der Waals surface area (Å²) in [5, 5.41) is -0.375. The molecule has 0 spiro atoms. The van der Waals surface area contributed by atoms with E-state index in [1.807, 2.05) is 12.1 Å². The van der Waals surface area contributed by atoms with Gasteiger partial charge in [0.2, 0.25) is 10.0 Å². The summed E-state index contributed by atoms with van der Waals surface area (Å²) in [7, 11) is -5.28. The van der Waals surface area contributed by atoms with E-state index < -0.39 is 19.9 Å². The molecule has 0 saturated heterocycles. The lowest BCUT2D eigenvalue weighted by Crippen LogP contribution is -2.21. The Hall–Kier alpha value is -1.90. The van der Waals surface area contributed by atoms with Gasteiger partial charge in [-0.2, -0.15) is 0 Å². The Morgan fingerprint density at radius 1 is 1.07 bits per heavy atom. The second kappa shape index (κ2) is 7.85. The van der Waals surface area contributed by atoms with Crippen molar-refractivity contribution in [2.45, 2.75) is 42.8 Å². The van der Waals surface area contributed by atoms with E-state index in [-0.39, 0.29) is 21.8 Å². The maximum atomic E-state index is 12.3. The van der Waals surface area contributed by atoms with E-state index >= 15 is 0 Å². The summed E-state index contributed by atoms with van der Waals surface area (Å²) in [6, 6.07) is 11.9. The summed E-state index contributed by atoms with van der Waals surface area (Å²) in [4.78, 5) is 0.132. The number of sulfonamides is 1. The topological polar surface area (TPSA) is 89.5 Å². The molecule has 0 fully saturated rings. The molecular formula is C20H25NO5S2. The molecule has 1 unspecified atom stereocenters. The first-order valence-electron chi connectivity index (χ1n) is 9.18. The van der Waals surface area contributed by atoms with Crippen molar-refractivity contribution in [3.63, 3.8) is 0 Å². The molecule has 8 heteroatoms. The monoisotopic (exact) mass is 423 g/mol. The van der Waals surface area contributed by atoms with E-state index in [0.717, 1.165) is 24.0 Å². The van der Waals surface area contributed by atoms with Crippen LogP contribution in [-0.2, 0) is 26.3 Å². The summed E-state index contributed by atoms with van der Waals surface area (Å²) in [5.74, 6) is 1.21. The zero-order valence-electron chi connectivity index (χ0n) is 16.2. The van der Waals surface area contributed by atoms with Crippen molar-refractivity contribution in [2.75, 3.05) is 12.8 Å². The Kier molecular flexibility index (Phi) is 5.84. The molecule has 3 rings (SSSR count). The molecular weight excluding hydrogens is 398 g/mol. The van der Waals surface area contributed by atoms with E-state index in [1.54, 1.807) is 32.0 Å². The second-order valence-corrected chi connectivity index (χ2v) is 11.7. The van der Waals surface area contributed by atoms with Crippen molar-refractivity contribution in [1.29, 1.82) is 0 Å². The molecule has 0 aromatic heterocycles. The molecule has 1 N–H and O–H groups in total. The number of fused-ring (bicyclic) bond motifs is 1. The van der Waals surface area contributed by atoms with Crippen molar-refractivity contribution >= 4 is 19.9 Å². The van der Waals surface area contributed by atoms with Crippen molar-refractivity contribution in [3.05, 3.63) is 53.6 Å². The molecule has 2 aromatic carbocycles. The first kappa shape index (κ1) is 20.8. The Bertz CT molecular complexity index is 1080. The quantitative estimate of drug-likeness (QED) is 0.738. The lowest BCUT2D eigenvalue weighted by atomic mass is 10.0. The van der Waals surface area contributed by atoms with E-state index in [9.17, 15) is 16.8 Å². The highest BCUT2D eigenvalue weighted by molar-refractivity contribution is 7.92. The first-order valence-corrected chi connectivity index (χ1v) is 12.4. The van der Waals surface area contributed by atoms with Gasteiger partial charge in [-0.3, -0.25) is 0 Å². The lowest BCUT2D eigenvalue weighted by molar-refractivity contribution is 0.480. The number of sulfone groups is 1. The third-order valence-electron chi connectivity index (χ3n) is 5.09. The summed E-state index contributed by atoms with van der Waals surface area (Å²) in [5.41, 5.74) is 2.14. The van der Waals surface area contributed by atoms with Crippen LogP contribution in [0.5, 0.6) is 11.5 Å². The normalized spacial score (nSPS) is 16.9. The van der Waals surface area contributed by atoms with Gasteiger partial charge in [-0.1, -0.05) is 12.1 Å². The van der Waals surface area contributed by atoms with Crippen LogP contribution in [0.3, 0.4) is 0 Å². The number of nitrogens with one attached hydrogen (secondary N) is 1. The molecule has 1 atom stereocenters. The van der Waals surface area contributed by atoms with Crippen LogP contribution >= 0.6 is 0 Å². The molecule has 0 bridgehead atoms. The number of hydrogen-bond acceptors (Lipinski definition) is 5. The minimum absolute atomic E-state index is 0.0144. The highest BCUT2D eigenvalue weighted by Gasteiger charge is 2.29. The molecule has 2 aromatic rings. The van der Waals surface area contributed by atoms with Gasteiger partial charge in [0, 0.05) is 6.07 Å². The van der Waals surface area contributed by atoms with E-state index in [4.69, 9.17) is 4.74 Å². The average Bonchev–Trinajstić information content (AvgIpc) is 3.03. The van der Waals surface area contributed by atoms with Gasteiger partial charge in [0.05, 0.1) is 15.9 Å². The lowest BCUT2D eigenvalue weighted by Gasteiger charge is -2.15. The van der Waals surface area contributed by atoms with Crippen molar-refractivity contribution in [2.24, 2.45) is 0 Å². The minimum atomic E-state index is -3.54. The molecule has 0 saturated carbocycles. The third-order valence-corrected chi connectivity index (χ3v) is 8.80. The molecule has 0 radical (unpaired) electrons. The van der Waals surface area contributed by atoms with Crippen molar-refractivity contribution < 1.29 is 21.6 Å². The molecule has 6 nitrogen and oxygen atoms in total. The number of rotatable bonds is 7. The molecule has 152 valence electrons. The highest BCUT2D eigenvalue weighted by Crippen LogP contribution is 2.37. The van der Waals surface area contributed by atoms with Crippen molar-refractivity contribution in [1.82, 2.24) is 4.72 Å². The van der Waals surface area contributed by atoms with E-state index in [0.29, 0.717) is 11.5 Å². The Balaban J connectivity index is 1.80. The molecule has 0 heterocycles. The molecule has 1 aliphatic rings. The maximum Gasteiger partial charge on any atom is 0.240 e. The van der Waals surface area contributed by atoms with Gasteiger partial charge in [-0.05, 0) is 75.0 Å². The average molecular weight is 424 g/mol. The zero-order valence-corrected chi connectivity index (χ0v) is 17.8. The van der Waals surface area contributed by atoms with Crippen LogP contribution in [0.4, 0.5) is 0 Å². The first-order chi connectivity index (χ1) is 13.1. The largest absolute Gasteiger partial charge is 0.457 e. The fraction of sp³-hybridized carbons (Fsp3) is 0.400. The van der Waals surface area contributed by atoms with Crippen LogP contribution in [0, 0.1) is 0 Å². The Morgan fingerprint density at radius 2 is 1.79 bits per heavy atom. The van der Waals surface area contributed by atoms with Crippen LogP contribution in [0.25, 0.3) is 0 Å². The van der Waals surface area contributed by atoms with Crippen LogP contribution in [-0.4, -0.2) is 34.9 Å². The SMILES string of the molecule is CNS(=O)(=O)c1cccc(Oc2ccc3c(c2)CCC3CS(=O)(=O)C(C)C)c1. The maximum absolute atomic E-state index is 12.3. The molecule has 0 aliphatic heterocycles. The van der Waals surface area contributed by atoms with Gasteiger partial charge >= 0.3 is 0 Å². The number of aryl methyl sites for hydroxylation is 1. The Labute approximate surface area is 166 Å². The standard InChI is InChI=1S/C20H25NO5S2/c1-14(2)27(22,23)13-16-8-7-15-11-18(9-10-20(15)16)26-17-5-4-6-19(12-17)28(24,25)21-3/h4-6,9-12,14,16,21H,7-8,13H2,1-3H3. The fourth-order valence-electron chi connectivity index (χ4n) is 3.35. The fourth-order valence-corrected chi connectivity index (χ4v) is 5.41. The smallest absolute Gasteiger partial charge is 0.240 e. The minimum Gasteiger partial charge on any atom is -0.457 e. The van der Waals surface area contributed by atoms with Gasteiger partial charge in [0.1, 0.15) is 11.5 Å². The summed E-state index contributed by atoms with van der Waals surface area (Å²) in [6.45, 7) is 3.43. The summed E-state index contributed by atoms with van der Waals surface area (Å²) < 4.78 is 56.5. The zero-order chi connectivity index (χ0) is 20.5. The number of hydrogen-bond donors (Lipinski definition) is 1. The predicted octanol–water partition coefficient (Wildman–Crippen LogP) is 3.24. The third kappa shape index (κ3) is 4.39. The summed E-state index contributed by atoms with van der Waals surface area (Å²) >= 11 is 0. The van der Waals surface area contributed by atoms with Gasteiger partial charge in [-0.25, -0.2) is 21.6 Å². The van der Waals surface area contributed by atoms with Crippen LogP contribution < -0.4 is 9.46 Å². The van der Waals surface area contributed by atoms with Crippen LogP contribution in [0.2, 0.25) is 0 Å². The molecule has 28 heavy (non-hydrogen) atoms. The van der Waals surface area contributed by atoms with Gasteiger partial charge in [0.25, 0.3) is 0 Å².